The van der Waals surface area contributed by atoms with Gasteiger partial charge in [0.2, 0.25) is 5.96 Å². The lowest BCUT2D eigenvalue weighted by molar-refractivity contribution is 0.401. The van der Waals surface area contributed by atoms with E-state index in [-0.39, 0.29) is 22.8 Å². The van der Waals surface area contributed by atoms with E-state index in [2.05, 4.69) is 10.2 Å². The van der Waals surface area contributed by atoms with Crippen LogP contribution in [-0.4, -0.2) is 19.3 Å². The minimum atomic E-state index is -1.03. The van der Waals surface area contributed by atoms with E-state index in [1.807, 2.05) is 0 Å². The molecule has 0 radical (unpaired) electrons. The molecule has 7 heteroatoms. The van der Waals surface area contributed by atoms with Crippen molar-refractivity contribution in [3.05, 3.63) is 28.8 Å². The molecule has 1 aromatic rings. The number of ether oxygens (including phenoxy) is 1. The van der Waals surface area contributed by atoms with Crippen LogP contribution >= 0.6 is 0 Å². The molecule has 0 amide bonds. The third-order valence-corrected chi connectivity index (χ3v) is 2.02. The van der Waals surface area contributed by atoms with Gasteiger partial charge in [0.05, 0.1) is 13.3 Å². The van der Waals surface area contributed by atoms with Crippen molar-refractivity contribution < 1.29 is 13.5 Å². The van der Waals surface area contributed by atoms with Crippen LogP contribution in [0.1, 0.15) is 11.1 Å². The molecular weight excluding hydrogens is 230 g/mol. The molecule has 0 spiro atoms. The number of halogens is 2. The van der Waals surface area contributed by atoms with Gasteiger partial charge in [-0.1, -0.05) is 0 Å². The van der Waals surface area contributed by atoms with Crippen molar-refractivity contribution in [3.63, 3.8) is 0 Å². The first kappa shape index (κ1) is 12.9. The minimum absolute atomic E-state index is 0.0870. The van der Waals surface area contributed by atoms with Gasteiger partial charge >= 0.3 is 0 Å². The van der Waals surface area contributed by atoms with Crippen LogP contribution in [0, 0.1) is 18.6 Å². The molecule has 0 fully saturated rings. The summed E-state index contributed by atoms with van der Waals surface area (Å²) >= 11 is 0. The number of hydrogen-bond acceptors (Lipinski definition) is 3. The Bertz CT molecular complexity index is 482. The first-order chi connectivity index (χ1) is 7.97. The van der Waals surface area contributed by atoms with Crippen molar-refractivity contribution in [1.29, 1.82) is 0 Å². The average Bonchev–Trinajstić information content (AvgIpc) is 2.29. The largest absolute Gasteiger partial charge is 0.496 e. The molecule has 92 valence electrons. The number of guanidine groups is 1. The Morgan fingerprint density at radius 2 is 2.00 bits per heavy atom. The van der Waals surface area contributed by atoms with Gasteiger partial charge in [0.15, 0.2) is 11.6 Å². The molecule has 0 aromatic heterocycles. The van der Waals surface area contributed by atoms with Crippen molar-refractivity contribution in [2.75, 3.05) is 7.11 Å². The Morgan fingerprint density at radius 3 is 2.53 bits per heavy atom. The fraction of sp³-hybridized carbons (Fsp3) is 0.200. The highest BCUT2D eigenvalue weighted by molar-refractivity contribution is 5.82. The molecule has 0 saturated heterocycles. The molecule has 0 aliphatic carbocycles. The summed E-state index contributed by atoms with van der Waals surface area (Å²) in [5, 5.41) is 6.68. The van der Waals surface area contributed by atoms with Crippen molar-refractivity contribution >= 4 is 12.2 Å². The van der Waals surface area contributed by atoms with E-state index < -0.39 is 11.6 Å². The zero-order valence-corrected chi connectivity index (χ0v) is 9.37. The number of benzene rings is 1. The average molecular weight is 242 g/mol. The van der Waals surface area contributed by atoms with Crippen LogP contribution in [-0.2, 0) is 0 Å². The number of nitrogens with two attached hydrogens (primary N) is 2. The summed E-state index contributed by atoms with van der Waals surface area (Å²) in [6.07, 6.45) is 1.00. The Kier molecular flexibility index (Phi) is 3.97. The predicted octanol–water partition coefficient (Wildman–Crippen LogP) is 0.889. The fourth-order valence-corrected chi connectivity index (χ4v) is 1.18. The van der Waals surface area contributed by atoms with Crippen LogP contribution < -0.4 is 16.2 Å². The summed E-state index contributed by atoms with van der Waals surface area (Å²) in [7, 11) is 1.36. The first-order valence-electron chi connectivity index (χ1n) is 4.62. The SMILES string of the molecule is COc1cc(C=NN=C(N)N)c(F)c(F)c1C. The first-order valence-corrected chi connectivity index (χ1v) is 4.62. The minimum Gasteiger partial charge on any atom is -0.496 e. The molecule has 0 saturated carbocycles. The Morgan fingerprint density at radius 1 is 1.35 bits per heavy atom. The van der Waals surface area contributed by atoms with E-state index in [0.717, 1.165) is 6.21 Å². The van der Waals surface area contributed by atoms with Crippen LogP contribution in [0.4, 0.5) is 8.78 Å². The van der Waals surface area contributed by atoms with Crippen molar-refractivity contribution in [1.82, 2.24) is 0 Å². The summed E-state index contributed by atoms with van der Waals surface area (Å²) < 4.78 is 31.8. The fourth-order valence-electron chi connectivity index (χ4n) is 1.18. The van der Waals surface area contributed by atoms with Gasteiger partial charge in [-0.2, -0.15) is 5.10 Å². The van der Waals surface area contributed by atoms with Gasteiger partial charge in [0.1, 0.15) is 5.75 Å². The molecular formula is C10H12F2N4O. The van der Waals surface area contributed by atoms with E-state index in [9.17, 15) is 8.78 Å². The van der Waals surface area contributed by atoms with E-state index in [4.69, 9.17) is 16.2 Å². The quantitative estimate of drug-likeness (QED) is 0.469. The van der Waals surface area contributed by atoms with Gasteiger partial charge in [-0.25, -0.2) is 8.78 Å². The molecule has 1 rings (SSSR count). The summed E-state index contributed by atoms with van der Waals surface area (Å²) in [6, 6.07) is 1.31. The smallest absolute Gasteiger partial charge is 0.211 e. The molecule has 0 bridgehead atoms. The molecule has 0 atom stereocenters. The second-order valence-corrected chi connectivity index (χ2v) is 3.19. The molecule has 5 nitrogen and oxygen atoms in total. The van der Waals surface area contributed by atoms with E-state index in [1.165, 1.54) is 20.1 Å². The van der Waals surface area contributed by atoms with E-state index in [0.29, 0.717) is 0 Å². The van der Waals surface area contributed by atoms with Gasteiger partial charge in [-0.3, -0.25) is 0 Å². The molecule has 1 aromatic carbocycles. The van der Waals surface area contributed by atoms with Crippen molar-refractivity contribution in [2.24, 2.45) is 21.7 Å². The van der Waals surface area contributed by atoms with Crippen molar-refractivity contribution in [2.45, 2.75) is 6.92 Å². The highest BCUT2D eigenvalue weighted by atomic mass is 19.2. The third kappa shape index (κ3) is 2.90. The molecule has 0 heterocycles. The standard InChI is InChI=1S/C10H12F2N4O/c1-5-7(17-2)3-6(9(12)8(5)11)4-15-16-10(13)14/h3-4H,1-2H3,(H4,13,14,16). The summed E-state index contributed by atoms with van der Waals surface area (Å²) in [4.78, 5) is 0. The summed E-state index contributed by atoms with van der Waals surface area (Å²) in [6.45, 7) is 1.41. The van der Waals surface area contributed by atoms with Crippen molar-refractivity contribution in [3.8, 4) is 5.75 Å². The maximum Gasteiger partial charge on any atom is 0.211 e. The highest BCUT2D eigenvalue weighted by Crippen LogP contribution is 2.25. The second-order valence-electron chi connectivity index (χ2n) is 3.19. The van der Waals surface area contributed by atoms with Crippen LogP contribution in [0.25, 0.3) is 0 Å². The number of nitrogens with zero attached hydrogens (tertiary/aromatic N) is 2. The number of methoxy groups -OCH3 is 1. The molecule has 0 aliphatic heterocycles. The zero-order chi connectivity index (χ0) is 13.0. The predicted molar refractivity (Wildman–Crippen MR) is 61.1 cm³/mol. The molecule has 0 aliphatic rings. The number of rotatable bonds is 3. The molecule has 4 N–H and O–H groups in total. The van der Waals surface area contributed by atoms with Crippen LogP contribution in [0.2, 0.25) is 0 Å². The Hall–Kier alpha value is -2.18. The van der Waals surface area contributed by atoms with E-state index in [1.54, 1.807) is 0 Å². The van der Waals surface area contributed by atoms with E-state index >= 15 is 0 Å². The lowest BCUT2D eigenvalue weighted by Gasteiger charge is -2.07. The molecule has 0 unspecified atom stereocenters. The third-order valence-electron chi connectivity index (χ3n) is 2.02. The lowest BCUT2D eigenvalue weighted by atomic mass is 10.1. The normalized spacial score (nSPS) is 10.6. The highest BCUT2D eigenvalue weighted by Gasteiger charge is 2.14. The van der Waals surface area contributed by atoms with Crippen LogP contribution in [0.15, 0.2) is 16.3 Å². The van der Waals surface area contributed by atoms with Gasteiger partial charge in [0.25, 0.3) is 0 Å². The topological polar surface area (TPSA) is 86.0 Å². The second kappa shape index (κ2) is 5.24. The Balaban J connectivity index is 3.21. The lowest BCUT2D eigenvalue weighted by Crippen LogP contribution is -2.21. The Labute approximate surface area is 96.8 Å². The molecule has 17 heavy (non-hydrogen) atoms. The van der Waals surface area contributed by atoms with Gasteiger partial charge in [-0.05, 0) is 13.0 Å². The van der Waals surface area contributed by atoms with Crippen LogP contribution in [0.3, 0.4) is 0 Å². The maximum absolute atomic E-state index is 13.5. The van der Waals surface area contributed by atoms with Gasteiger partial charge < -0.3 is 16.2 Å². The summed E-state index contributed by atoms with van der Waals surface area (Å²) in [5.74, 6) is -2.08. The zero-order valence-electron chi connectivity index (χ0n) is 9.37. The van der Waals surface area contributed by atoms with Gasteiger partial charge in [-0.15, -0.1) is 5.10 Å². The maximum atomic E-state index is 13.5. The number of hydrogen-bond donors (Lipinski definition) is 2. The van der Waals surface area contributed by atoms with Gasteiger partial charge in [0, 0.05) is 11.1 Å². The monoisotopic (exact) mass is 242 g/mol. The van der Waals surface area contributed by atoms with Crippen LogP contribution in [0.5, 0.6) is 5.75 Å². The summed E-state index contributed by atoms with van der Waals surface area (Å²) in [5.41, 5.74) is 10.0.